The lowest BCUT2D eigenvalue weighted by molar-refractivity contribution is 0.0680. The van der Waals surface area contributed by atoms with Crippen molar-refractivity contribution in [2.45, 2.75) is 6.55 Å². The van der Waals surface area contributed by atoms with Crippen LogP contribution < -0.4 is 5.56 Å². The number of rotatable bonds is 2. The summed E-state index contributed by atoms with van der Waals surface area (Å²) in [4.78, 5) is 25.4. The molecule has 0 unspecified atom stereocenters. The number of imidazole rings is 1. The molecule has 16 heavy (non-hydrogen) atoms. The Morgan fingerprint density at radius 3 is 2.69 bits per heavy atom. The third-order valence-corrected chi connectivity index (χ3v) is 1.97. The summed E-state index contributed by atoms with van der Waals surface area (Å²) in [5, 5.41) is 8.63. The van der Waals surface area contributed by atoms with E-state index >= 15 is 0 Å². The minimum absolute atomic E-state index is 0.403. The molecular formula is C8H5F2N3O3. The zero-order valence-electron chi connectivity index (χ0n) is 7.67. The molecule has 0 aliphatic carbocycles. The van der Waals surface area contributed by atoms with Crippen molar-refractivity contribution in [1.82, 2.24) is 14.0 Å². The molecule has 2 aromatic rings. The number of carbonyl (C=O) groups is 1. The minimum atomic E-state index is -2.89. The molecule has 0 amide bonds. The molecule has 8 heteroatoms. The fourth-order valence-corrected chi connectivity index (χ4v) is 1.27. The monoisotopic (exact) mass is 229 g/mol. The lowest BCUT2D eigenvalue weighted by Gasteiger charge is -2.02. The van der Waals surface area contributed by atoms with Crippen molar-refractivity contribution >= 4 is 11.7 Å². The molecule has 1 N–H and O–H groups in total. The van der Waals surface area contributed by atoms with Gasteiger partial charge in [-0.25, -0.2) is 9.78 Å². The molecule has 0 spiro atoms. The number of hydrogen-bond donors (Lipinski definition) is 1. The Kier molecular flexibility index (Phi) is 2.18. The van der Waals surface area contributed by atoms with Crippen LogP contribution >= 0.6 is 0 Å². The highest BCUT2D eigenvalue weighted by Gasteiger charge is 2.15. The number of alkyl halides is 2. The van der Waals surface area contributed by atoms with Crippen molar-refractivity contribution in [2.24, 2.45) is 0 Å². The van der Waals surface area contributed by atoms with Crippen molar-refractivity contribution < 1.29 is 18.7 Å². The number of aromatic nitrogens is 3. The summed E-state index contributed by atoms with van der Waals surface area (Å²) in [6.07, 6.45) is 2.06. The van der Waals surface area contributed by atoms with Gasteiger partial charge in [0.05, 0.1) is 0 Å². The number of hydrogen-bond acceptors (Lipinski definition) is 3. The molecule has 6 nitrogen and oxygen atoms in total. The molecule has 2 rings (SSSR count). The smallest absolute Gasteiger partial charge is 0.354 e. The molecule has 0 saturated heterocycles. The summed E-state index contributed by atoms with van der Waals surface area (Å²) in [6, 6.07) is 0.769. The summed E-state index contributed by atoms with van der Waals surface area (Å²) < 4.78 is 26.2. The van der Waals surface area contributed by atoms with Crippen LogP contribution in [0, 0.1) is 0 Å². The molecule has 2 heterocycles. The number of aromatic carboxylic acids is 1. The summed E-state index contributed by atoms with van der Waals surface area (Å²) in [6.45, 7) is -2.89. The zero-order valence-corrected chi connectivity index (χ0v) is 7.67. The molecule has 0 radical (unpaired) electrons. The maximum atomic E-state index is 12.5. The van der Waals surface area contributed by atoms with E-state index in [4.69, 9.17) is 5.11 Å². The molecule has 0 aliphatic heterocycles. The fourth-order valence-electron chi connectivity index (χ4n) is 1.27. The molecule has 0 bridgehead atoms. The standard InChI is InChI=1S/C8H5F2N3O3/c9-7(10)13-2-1-12-5(14)3-4(6(15)16)11-8(12)13/h1-3,7H,(H,15,16). The van der Waals surface area contributed by atoms with Gasteiger partial charge >= 0.3 is 12.5 Å². The van der Waals surface area contributed by atoms with E-state index in [0.29, 0.717) is 4.57 Å². The van der Waals surface area contributed by atoms with E-state index in [9.17, 15) is 18.4 Å². The van der Waals surface area contributed by atoms with E-state index in [1.54, 1.807) is 0 Å². The number of fused-ring (bicyclic) bond motifs is 1. The normalized spacial score (nSPS) is 11.2. The molecule has 0 aliphatic rings. The fraction of sp³-hybridized carbons (Fsp3) is 0.125. The average Bonchev–Trinajstić information content (AvgIpc) is 2.61. The van der Waals surface area contributed by atoms with Crippen LogP contribution in [0.5, 0.6) is 0 Å². The van der Waals surface area contributed by atoms with Crippen LogP contribution in [0.1, 0.15) is 17.0 Å². The summed E-state index contributed by atoms with van der Waals surface area (Å²) in [7, 11) is 0. The first-order valence-corrected chi connectivity index (χ1v) is 4.12. The lowest BCUT2D eigenvalue weighted by atomic mass is 10.4. The predicted molar refractivity (Wildman–Crippen MR) is 47.7 cm³/mol. The van der Waals surface area contributed by atoms with Crippen molar-refractivity contribution in [3.8, 4) is 0 Å². The van der Waals surface area contributed by atoms with Gasteiger partial charge in [-0.2, -0.15) is 8.78 Å². The van der Waals surface area contributed by atoms with Crippen LogP contribution in [-0.4, -0.2) is 25.0 Å². The van der Waals surface area contributed by atoms with Crippen molar-refractivity contribution in [1.29, 1.82) is 0 Å². The first-order valence-electron chi connectivity index (χ1n) is 4.12. The Morgan fingerprint density at radius 1 is 1.44 bits per heavy atom. The maximum absolute atomic E-state index is 12.5. The van der Waals surface area contributed by atoms with Gasteiger partial charge in [0.1, 0.15) is 0 Å². The van der Waals surface area contributed by atoms with Gasteiger partial charge in [-0.3, -0.25) is 13.8 Å². The molecule has 0 fully saturated rings. The zero-order chi connectivity index (χ0) is 11.9. The van der Waals surface area contributed by atoms with E-state index in [2.05, 4.69) is 4.98 Å². The summed E-state index contributed by atoms with van der Waals surface area (Å²) >= 11 is 0. The maximum Gasteiger partial charge on any atom is 0.354 e. The second-order valence-electron chi connectivity index (χ2n) is 2.94. The molecule has 0 atom stereocenters. The Morgan fingerprint density at radius 2 is 2.12 bits per heavy atom. The average molecular weight is 229 g/mol. The van der Waals surface area contributed by atoms with Gasteiger partial charge in [-0.1, -0.05) is 0 Å². The van der Waals surface area contributed by atoms with Crippen LogP contribution in [0.2, 0.25) is 0 Å². The Balaban J connectivity index is 2.81. The van der Waals surface area contributed by atoms with Crippen LogP contribution in [-0.2, 0) is 0 Å². The van der Waals surface area contributed by atoms with E-state index in [1.807, 2.05) is 0 Å². The van der Waals surface area contributed by atoms with E-state index in [0.717, 1.165) is 22.9 Å². The summed E-state index contributed by atoms with van der Waals surface area (Å²) in [5.41, 5.74) is -1.28. The summed E-state index contributed by atoms with van der Waals surface area (Å²) in [5.74, 6) is -1.85. The largest absolute Gasteiger partial charge is 0.477 e. The van der Waals surface area contributed by atoms with Crippen LogP contribution in [0.15, 0.2) is 23.3 Å². The highest BCUT2D eigenvalue weighted by molar-refractivity contribution is 5.85. The van der Waals surface area contributed by atoms with Gasteiger partial charge in [0, 0.05) is 18.5 Å². The van der Waals surface area contributed by atoms with Crippen LogP contribution in [0.3, 0.4) is 0 Å². The molecule has 2 aromatic heterocycles. The van der Waals surface area contributed by atoms with Gasteiger partial charge in [-0.05, 0) is 0 Å². The van der Waals surface area contributed by atoms with E-state index in [1.165, 1.54) is 0 Å². The highest BCUT2D eigenvalue weighted by atomic mass is 19.3. The second-order valence-corrected chi connectivity index (χ2v) is 2.94. The lowest BCUT2D eigenvalue weighted by Crippen LogP contribution is -2.17. The van der Waals surface area contributed by atoms with Crippen molar-refractivity contribution in [3.05, 3.63) is 34.5 Å². The van der Waals surface area contributed by atoms with Gasteiger partial charge in [0.15, 0.2) is 5.69 Å². The van der Waals surface area contributed by atoms with Crippen LogP contribution in [0.25, 0.3) is 5.78 Å². The van der Waals surface area contributed by atoms with Gasteiger partial charge in [-0.15, -0.1) is 0 Å². The molecule has 0 aromatic carbocycles. The molecular weight excluding hydrogens is 224 g/mol. The third kappa shape index (κ3) is 1.44. The van der Waals surface area contributed by atoms with Crippen LogP contribution in [0.4, 0.5) is 8.78 Å². The molecule has 0 saturated carbocycles. The van der Waals surface area contributed by atoms with E-state index < -0.39 is 29.5 Å². The second kappa shape index (κ2) is 3.40. The Bertz CT molecular complexity index is 617. The number of carboxylic acid groups (broad SMARTS) is 1. The Labute approximate surface area is 86.4 Å². The first-order chi connectivity index (χ1) is 7.50. The first kappa shape index (κ1) is 10.3. The number of halogens is 2. The quantitative estimate of drug-likeness (QED) is 0.817. The highest BCUT2D eigenvalue weighted by Crippen LogP contribution is 2.13. The Hall–Kier alpha value is -2.25. The van der Waals surface area contributed by atoms with E-state index in [-0.39, 0.29) is 0 Å². The van der Waals surface area contributed by atoms with Crippen molar-refractivity contribution in [2.75, 3.05) is 0 Å². The SMILES string of the molecule is O=C(O)c1cc(=O)n2ccn(C(F)F)c2n1. The topological polar surface area (TPSA) is 76.6 Å². The number of carboxylic acids is 1. The minimum Gasteiger partial charge on any atom is -0.477 e. The predicted octanol–water partition coefficient (Wildman–Crippen LogP) is 0.589. The van der Waals surface area contributed by atoms with Crippen molar-refractivity contribution in [3.63, 3.8) is 0 Å². The molecule has 84 valence electrons. The van der Waals surface area contributed by atoms with Gasteiger partial charge in [0.25, 0.3) is 5.56 Å². The number of nitrogens with zero attached hydrogens (tertiary/aromatic N) is 3. The van der Waals surface area contributed by atoms with Gasteiger partial charge < -0.3 is 5.11 Å². The third-order valence-electron chi connectivity index (χ3n) is 1.97. The van der Waals surface area contributed by atoms with Gasteiger partial charge in [0.2, 0.25) is 5.78 Å².